The van der Waals surface area contributed by atoms with Crippen LogP contribution in [0, 0.1) is 17.8 Å². The smallest absolute Gasteiger partial charge is 0.325 e. The van der Waals surface area contributed by atoms with Crippen LogP contribution in [0.1, 0.15) is 31.4 Å². The third kappa shape index (κ3) is 3.38. The van der Waals surface area contributed by atoms with Crippen molar-refractivity contribution < 1.29 is 18.8 Å². The third-order valence-electron chi connectivity index (χ3n) is 5.64. The molecule has 7 heteroatoms. The maximum absolute atomic E-state index is 12.4. The average molecular weight is 357 g/mol. The first kappa shape index (κ1) is 16.9. The van der Waals surface area contributed by atoms with Crippen LogP contribution in [0.5, 0.6) is 0 Å². The summed E-state index contributed by atoms with van der Waals surface area (Å²) in [7, 11) is 0. The largest absolute Gasteiger partial charge is 0.467 e. The van der Waals surface area contributed by atoms with E-state index >= 15 is 0 Å². The lowest BCUT2D eigenvalue weighted by atomic mass is 9.93. The summed E-state index contributed by atoms with van der Waals surface area (Å²) in [4.78, 5) is 37.6. The number of fused-ring (bicyclic) bond motifs is 2. The fourth-order valence-electron chi connectivity index (χ4n) is 4.22. The molecule has 2 heterocycles. The highest BCUT2D eigenvalue weighted by Gasteiger charge is 2.38. The Kier molecular flexibility index (Phi) is 4.53. The van der Waals surface area contributed by atoms with Gasteiger partial charge in [0, 0.05) is 13.0 Å². The number of urea groups is 1. The van der Waals surface area contributed by atoms with Gasteiger partial charge in [-0.3, -0.25) is 14.5 Å². The van der Waals surface area contributed by atoms with Crippen LogP contribution in [0.3, 0.4) is 0 Å². The van der Waals surface area contributed by atoms with Gasteiger partial charge in [-0.05, 0) is 49.1 Å². The Morgan fingerprint density at radius 1 is 1.31 bits per heavy atom. The maximum atomic E-state index is 12.4. The second-order valence-corrected chi connectivity index (χ2v) is 7.39. The number of furan rings is 1. The van der Waals surface area contributed by atoms with E-state index in [1.54, 1.807) is 12.1 Å². The van der Waals surface area contributed by atoms with Crippen molar-refractivity contribution in [2.24, 2.45) is 17.8 Å². The molecule has 2 bridgehead atoms. The molecule has 4 atom stereocenters. The van der Waals surface area contributed by atoms with E-state index in [2.05, 4.69) is 22.8 Å². The normalized spacial score (nSPS) is 29.5. The number of nitrogens with one attached hydrogen (secondary N) is 2. The minimum absolute atomic E-state index is 0.0664. The summed E-state index contributed by atoms with van der Waals surface area (Å²) in [5, 5.41) is 5.63. The molecule has 1 aromatic rings. The van der Waals surface area contributed by atoms with Gasteiger partial charge in [-0.25, -0.2) is 4.79 Å². The number of hydrogen-bond donors (Lipinski definition) is 2. The fraction of sp³-hybridized carbons (Fsp3) is 0.526. The molecule has 0 spiro atoms. The summed E-state index contributed by atoms with van der Waals surface area (Å²) in [6.07, 6.45) is 8.96. The molecule has 1 aromatic heterocycles. The number of carbonyl (C=O) groups excluding carboxylic acids is 3. The molecule has 4 amide bonds. The zero-order chi connectivity index (χ0) is 18.1. The van der Waals surface area contributed by atoms with E-state index in [1.165, 1.54) is 12.7 Å². The van der Waals surface area contributed by atoms with Crippen molar-refractivity contribution in [2.45, 2.75) is 38.3 Å². The summed E-state index contributed by atoms with van der Waals surface area (Å²) in [6.45, 7) is 0.804. The topological polar surface area (TPSA) is 91.7 Å². The number of hydrogen-bond acceptors (Lipinski definition) is 4. The van der Waals surface area contributed by atoms with Gasteiger partial charge in [-0.15, -0.1) is 0 Å². The van der Waals surface area contributed by atoms with Gasteiger partial charge in [0.15, 0.2) is 0 Å². The molecule has 2 aliphatic carbocycles. The molecule has 0 radical (unpaired) electrons. The monoisotopic (exact) mass is 357 g/mol. The third-order valence-corrected chi connectivity index (χ3v) is 5.64. The summed E-state index contributed by atoms with van der Waals surface area (Å²) in [5.74, 6) is 2.00. The van der Waals surface area contributed by atoms with Crippen LogP contribution in [0.15, 0.2) is 35.0 Å². The SMILES string of the molecule is O=C(CC[C@H]1NC(=O)N(Cc2ccco2)C1=O)NC[C@@H]1C[C@H]2C=C[C@H]1C2. The standard InChI is InChI=1S/C19H23N3O4/c23-17(20-10-14-9-12-3-4-13(14)8-12)6-5-16-18(24)22(19(25)21-16)11-15-2-1-7-26-15/h1-4,7,12-14,16H,5-6,8-11H2,(H,20,23)(H,21,25)/t12-,13-,14-,16+/m0/s1. The quantitative estimate of drug-likeness (QED) is 0.575. The number of imide groups is 1. The Hall–Kier alpha value is -2.57. The number of carbonyl (C=O) groups is 3. The van der Waals surface area contributed by atoms with Crippen LogP contribution in [0.4, 0.5) is 4.79 Å². The number of rotatable bonds is 7. The van der Waals surface area contributed by atoms with Crippen LogP contribution >= 0.6 is 0 Å². The van der Waals surface area contributed by atoms with Gasteiger partial charge in [0.25, 0.3) is 5.91 Å². The van der Waals surface area contributed by atoms with Gasteiger partial charge in [0.05, 0.1) is 12.8 Å². The van der Waals surface area contributed by atoms with E-state index in [-0.39, 0.29) is 24.8 Å². The molecule has 7 nitrogen and oxygen atoms in total. The van der Waals surface area contributed by atoms with Gasteiger partial charge in [0.2, 0.25) is 5.91 Å². The van der Waals surface area contributed by atoms with Crippen molar-refractivity contribution in [1.82, 2.24) is 15.5 Å². The zero-order valence-electron chi connectivity index (χ0n) is 14.5. The molecule has 0 aromatic carbocycles. The van der Waals surface area contributed by atoms with Crippen LogP contribution in [-0.4, -0.2) is 35.3 Å². The first-order chi connectivity index (χ1) is 12.6. The van der Waals surface area contributed by atoms with Crippen molar-refractivity contribution in [2.75, 3.05) is 6.54 Å². The molecular weight excluding hydrogens is 334 g/mol. The van der Waals surface area contributed by atoms with E-state index in [9.17, 15) is 14.4 Å². The highest BCUT2D eigenvalue weighted by Crippen LogP contribution is 2.42. The molecule has 2 N–H and O–H groups in total. The molecular formula is C19H23N3O4. The van der Waals surface area contributed by atoms with Gasteiger partial charge >= 0.3 is 6.03 Å². The van der Waals surface area contributed by atoms with Crippen LogP contribution in [-0.2, 0) is 16.1 Å². The predicted molar refractivity (Wildman–Crippen MR) is 92.7 cm³/mol. The van der Waals surface area contributed by atoms with E-state index in [0.29, 0.717) is 36.5 Å². The highest BCUT2D eigenvalue weighted by molar-refractivity contribution is 6.04. The second kappa shape index (κ2) is 6.97. The second-order valence-electron chi connectivity index (χ2n) is 7.39. The summed E-state index contributed by atoms with van der Waals surface area (Å²) >= 11 is 0. The summed E-state index contributed by atoms with van der Waals surface area (Å²) in [5.41, 5.74) is 0. The van der Waals surface area contributed by atoms with E-state index in [1.807, 2.05) is 0 Å². The molecule has 1 aliphatic heterocycles. The zero-order valence-corrected chi connectivity index (χ0v) is 14.5. The minimum atomic E-state index is -0.645. The number of allylic oxidation sites excluding steroid dienone is 2. The van der Waals surface area contributed by atoms with E-state index in [4.69, 9.17) is 4.42 Å². The number of nitrogens with zero attached hydrogens (tertiary/aromatic N) is 1. The summed E-state index contributed by atoms with van der Waals surface area (Å²) in [6, 6.07) is 2.34. The van der Waals surface area contributed by atoms with Crippen LogP contribution in [0.2, 0.25) is 0 Å². The molecule has 2 fully saturated rings. The van der Waals surface area contributed by atoms with Crippen molar-refractivity contribution in [3.8, 4) is 0 Å². The van der Waals surface area contributed by atoms with Gasteiger partial charge in [-0.2, -0.15) is 0 Å². The van der Waals surface area contributed by atoms with E-state index in [0.717, 1.165) is 11.3 Å². The molecule has 3 aliphatic rings. The first-order valence-corrected chi connectivity index (χ1v) is 9.19. The van der Waals surface area contributed by atoms with Crippen LogP contribution < -0.4 is 10.6 Å². The molecule has 1 saturated heterocycles. The highest BCUT2D eigenvalue weighted by atomic mass is 16.3. The minimum Gasteiger partial charge on any atom is -0.467 e. The van der Waals surface area contributed by atoms with Crippen LogP contribution in [0.25, 0.3) is 0 Å². The first-order valence-electron chi connectivity index (χ1n) is 9.19. The molecule has 138 valence electrons. The Bertz CT molecular complexity index is 727. The summed E-state index contributed by atoms with van der Waals surface area (Å²) < 4.78 is 5.18. The van der Waals surface area contributed by atoms with Crippen molar-refractivity contribution in [3.63, 3.8) is 0 Å². The fourth-order valence-corrected chi connectivity index (χ4v) is 4.22. The lowest BCUT2D eigenvalue weighted by Gasteiger charge is -2.18. The Balaban J connectivity index is 1.21. The van der Waals surface area contributed by atoms with Crippen molar-refractivity contribution >= 4 is 17.8 Å². The van der Waals surface area contributed by atoms with Crippen molar-refractivity contribution in [3.05, 3.63) is 36.3 Å². The lowest BCUT2D eigenvalue weighted by Crippen LogP contribution is -2.34. The number of amides is 4. The molecule has 0 unspecified atom stereocenters. The average Bonchev–Trinajstić information content (AvgIpc) is 3.41. The Morgan fingerprint density at radius 3 is 2.88 bits per heavy atom. The molecule has 4 rings (SSSR count). The lowest BCUT2D eigenvalue weighted by molar-refractivity contribution is -0.128. The Labute approximate surface area is 151 Å². The van der Waals surface area contributed by atoms with Gasteiger partial charge in [-0.1, -0.05) is 12.2 Å². The maximum Gasteiger partial charge on any atom is 0.325 e. The van der Waals surface area contributed by atoms with Gasteiger partial charge in [0.1, 0.15) is 11.8 Å². The predicted octanol–water partition coefficient (Wildman–Crippen LogP) is 1.81. The van der Waals surface area contributed by atoms with E-state index < -0.39 is 12.1 Å². The molecule has 1 saturated carbocycles. The van der Waals surface area contributed by atoms with Gasteiger partial charge < -0.3 is 15.1 Å². The Morgan fingerprint density at radius 2 is 2.19 bits per heavy atom. The molecule has 26 heavy (non-hydrogen) atoms. The van der Waals surface area contributed by atoms with Crippen molar-refractivity contribution in [1.29, 1.82) is 0 Å².